The van der Waals surface area contributed by atoms with Gasteiger partial charge >= 0.3 is 0 Å². The molecule has 0 unspecified atom stereocenters. The Morgan fingerprint density at radius 1 is 0.577 bits per heavy atom. The van der Waals surface area contributed by atoms with Crippen LogP contribution in [0.25, 0.3) is 22.3 Å². The van der Waals surface area contributed by atoms with Crippen molar-refractivity contribution >= 4 is 0 Å². The highest BCUT2D eigenvalue weighted by Gasteiger charge is 2.22. The summed E-state index contributed by atoms with van der Waals surface area (Å²) in [5, 5.41) is 21.0. The van der Waals surface area contributed by atoms with Crippen LogP contribution in [0.5, 0.6) is 11.5 Å². The number of hydrogen-bond acceptors (Lipinski definition) is 2. The van der Waals surface area contributed by atoms with Gasteiger partial charge in [0.15, 0.2) is 0 Å². The van der Waals surface area contributed by atoms with Crippen LogP contribution < -0.4 is 0 Å². The van der Waals surface area contributed by atoms with Gasteiger partial charge in [-0.2, -0.15) is 0 Å². The van der Waals surface area contributed by atoms with E-state index in [9.17, 15) is 10.2 Å². The highest BCUT2D eigenvalue weighted by Crippen LogP contribution is 2.45. The SMILES string of the molecule is CC(C)c1ccc(-c2ccccc2O)c(C(C)C)c1-c1ccccc1O. The Morgan fingerprint density at radius 2 is 1.12 bits per heavy atom. The van der Waals surface area contributed by atoms with Crippen molar-refractivity contribution in [1.82, 2.24) is 0 Å². The average molecular weight is 346 g/mol. The van der Waals surface area contributed by atoms with Gasteiger partial charge in [-0.15, -0.1) is 0 Å². The number of para-hydroxylation sites is 2. The van der Waals surface area contributed by atoms with E-state index in [1.165, 1.54) is 5.56 Å². The number of benzene rings is 3. The largest absolute Gasteiger partial charge is 0.507 e. The van der Waals surface area contributed by atoms with Gasteiger partial charge in [0.25, 0.3) is 0 Å². The summed E-state index contributed by atoms with van der Waals surface area (Å²) in [4.78, 5) is 0. The van der Waals surface area contributed by atoms with Crippen molar-refractivity contribution in [3.63, 3.8) is 0 Å². The van der Waals surface area contributed by atoms with Gasteiger partial charge in [-0.25, -0.2) is 0 Å². The first-order valence-corrected chi connectivity index (χ1v) is 9.15. The normalized spacial score (nSPS) is 11.3. The fourth-order valence-corrected chi connectivity index (χ4v) is 3.64. The predicted molar refractivity (Wildman–Crippen MR) is 109 cm³/mol. The summed E-state index contributed by atoms with van der Waals surface area (Å²) in [6.45, 7) is 8.66. The minimum atomic E-state index is 0.234. The van der Waals surface area contributed by atoms with Gasteiger partial charge in [0.1, 0.15) is 11.5 Å². The molecular weight excluding hydrogens is 320 g/mol. The Hall–Kier alpha value is -2.74. The molecule has 3 aromatic rings. The van der Waals surface area contributed by atoms with E-state index >= 15 is 0 Å². The van der Waals surface area contributed by atoms with Crippen LogP contribution in [0.2, 0.25) is 0 Å². The molecule has 0 aliphatic heterocycles. The molecule has 3 rings (SSSR count). The number of aromatic hydroxyl groups is 2. The van der Waals surface area contributed by atoms with Gasteiger partial charge in [0.05, 0.1) is 0 Å². The van der Waals surface area contributed by atoms with Crippen LogP contribution in [0.1, 0.15) is 50.7 Å². The molecule has 0 spiro atoms. The van der Waals surface area contributed by atoms with E-state index in [1.54, 1.807) is 12.1 Å². The third-order valence-corrected chi connectivity index (χ3v) is 4.84. The minimum absolute atomic E-state index is 0.234. The van der Waals surface area contributed by atoms with Crippen molar-refractivity contribution in [2.24, 2.45) is 0 Å². The van der Waals surface area contributed by atoms with Crippen molar-refractivity contribution in [3.05, 3.63) is 71.8 Å². The summed E-state index contributed by atoms with van der Waals surface area (Å²) in [5.74, 6) is 1.11. The fourth-order valence-electron chi connectivity index (χ4n) is 3.64. The molecule has 0 atom stereocenters. The summed E-state index contributed by atoms with van der Waals surface area (Å²) >= 11 is 0. The molecule has 2 heteroatoms. The molecule has 2 N–H and O–H groups in total. The maximum absolute atomic E-state index is 10.5. The Balaban J connectivity index is 2.42. The van der Waals surface area contributed by atoms with Crippen LogP contribution in [0.15, 0.2) is 60.7 Å². The number of hydrogen-bond donors (Lipinski definition) is 2. The van der Waals surface area contributed by atoms with Crippen LogP contribution in [-0.4, -0.2) is 10.2 Å². The van der Waals surface area contributed by atoms with Crippen molar-refractivity contribution < 1.29 is 10.2 Å². The standard InChI is InChI=1S/C24H26O2/c1-15(2)17-13-14-19(18-9-5-7-11-21(18)25)23(16(3)4)24(17)20-10-6-8-12-22(20)26/h5-16,25-26H,1-4H3. The second kappa shape index (κ2) is 7.25. The van der Waals surface area contributed by atoms with E-state index in [1.807, 2.05) is 36.4 Å². The summed E-state index contributed by atoms with van der Waals surface area (Å²) in [7, 11) is 0. The third kappa shape index (κ3) is 3.20. The van der Waals surface area contributed by atoms with Crippen molar-refractivity contribution in [2.75, 3.05) is 0 Å². The lowest BCUT2D eigenvalue weighted by Crippen LogP contribution is -2.03. The molecule has 0 saturated heterocycles. The van der Waals surface area contributed by atoms with Crippen LogP contribution in [0.3, 0.4) is 0 Å². The Morgan fingerprint density at radius 3 is 1.62 bits per heavy atom. The van der Waals surface area contributed by atoms with E-state index in [0.29, 0.717) is 5.92 Å². The van der Waals surface area contributed by atoms with Gasteiger partial charge in [-0.3, -0.25) is 0 Å². The first kappa shape index (κ1) is 18.1. The molecule has 0 amide bonds. The van der Waals surface area contributed by atoms with Gasteiger partial charge < -0.3 is 10.2 Å². The molecule has 0 radical (unpaired) electrons. The van der Waals surface area contributed by atoms with Crippen LogP contribution in [0, 0.1) is 0 Å². The molecule has 0 aliphatic carbocycles. The molecule has 0 fully saturated rings. The highest BCUT2D eigenvalue weighted by atomic mass is 16.3. The second-order valence-corrected chi connectivity index (χ2v) is 7.33. The van der Waals surface area contributed by atoms with Crippen LogP contribution in [-0.2, 0) is 0 Å². The lowest BCUT2D eigenvalue weighted by Gasteiger charge is -2.24. The second-order valence-electron chi connectivity index (χ2n) is 7.33. The summed E-state index contributed by atoms with van der Waals surface area (Å²) in [6.07, 6.45) is 0. The molecule has 134 valence electrons. The highest BCUT2D eigenvalue weighted by molar-refractivity contribution is 5.86. The van der Waals surface area contributed by atoms with Crippen LogP contribution >= 0.6 is 0 Å². The quantitative estimate of drug-likeness (QED) is 0.553. The predicted octanol–water partition coefficient (Wildman–Crippen LogP) is 6.68. The number of phenols is 2. The van der Waals surface area contributed by atoms with E-state index in [4.69, 9.17) is 0 Å². The number of phenolic OH excluding ortho intramolecular Hbond substituents is 2. The molecule has 3 aromatic carbocycles. The van der Waals surface area contributed by atoms with Gasteiger partial charge in [0.2, 0.25) is 0 Å². The first-order chi connectivity index (χ1) is 12.4. The molecule has 0 heterocycles. The Kier molecular flexibility index (Phi) is 5.03. The Labute approximate surface area is 155 Å². The zero-order valence-electron chi connectivity index (χ0n) is 15.8. The molecule has 0 bridgehead atoms. The molecule has 2 nitrogen and oxygen atoms in total. The Bertz CT molecular complexity index is 923. The minimum Gasteiger partial charge on any atom is -0.507 e. The zero-order chi connectivity index (χ0) is 18.8. The van der Waals surface area contributed by atoms with Crippen molar-refractivity contribution in [3.8, 4) is 33.8 Å². The molecule has 0 aliphatic rings. The lowest BCUT2D eigenvalue weighted by atomic mass is 9.80. The first-order valence-electron chi connectivity index (χ1n) is 9.15. The summed E-state index contributed by atoms with van der Waals surface area (Å²) in [5.41, 5.74) is 6.11. The third-order valence-electron chi connectivity index (χ3n) is 4.84. The topological polar surface area (TPSA) is 40.5 Å². The molecule has 26 heavy (non-hydrogen) atoms. The maximum atomic E-state index is 10.5. The van der Waals surface area contributed by atoms with Crippen molar-refractivity contribution in [2.45, 2.75) is 39.5 Å². The monoisotopic (exact) mass is 346 g/mol. The fraction of sp³-hybridized carbons (Fsp3) is 0.250. The molecule has 0 saturated carbocycles. The zero-order valence-corrected chi connectivity index (χ0v) is 15.8. The summed E-state index contributed by atoms with van der Waals surface area (Å²) < 4.78 is 0. The molecule has 0 aromatic heterocycles. The number of rotatable bonds is 4. The maximum Gasteiger partial charge on any atom is 0.123 e. The van der Waals surface area contributed by atoms with Gasteiger partial charge in [-0.05, 0) is 46.2 Å². The van der Waals surface area contributed by atoms with E-state index in [-0.39, 0.29) is 17.4 Å². The van der Waals surface area contributed by atoms with Gasteiger partial charge in [0, 0.05) is 11.1 Å². The smallest absolute Gasteiger partial charge is 0.123 e. The van der Waals surface area contributed by atoms with Gasteiger partial charge in [-0.1, -0.05) is 76.2 Å². The van der Waals surface area contributed by atoms with Crippen LogP contribution in [0.4, 0.5) is 0 Å². The van der Waals surface area contributed by atoms with E-state index in [2.05, 4.69) is 39.8 Å². The van der Waals surface area contributed by atoms with E-state index in [0.717, 1.165) is 27.8 Å². The molecular formula is C24H26O2. The average Bonchev–Trinajstić information content (AvgIpc) is 2.61. The summed E-state index contributed by atoms with van der Waals surface area (Å²) in [6, 6.07) is 19.2. The van der Waals surface area contributed by atoms with E-state index < -0.39 is 0 Å². The van der Waals surface area contributed by atoms with Crippen molar-refractivity contribution in [1.29, 1.82) is 0 Å². The lowest BCUT2D eigenvalue weighted by molar-refractivity contribution is 0.477.